The summed E-state index contributed by atoms with van der Waals surface area (Å²) in [5, 5.41) is 8.74. The third kappa shape index (κ3) is 2.45. The number of carboxylic acids is 1. The van der Waals surface area contributed by atoms with Crippen LogP contribution in [-0.2, 0) is 0 Å². The van der Waals surface area contributed by atoms with Crippen LogP contribution < -0.4 is 4.90 Å². The quantitative estimate of drug-likeness (QED) is 0.791. The highest BCUT2D eigenvalue weighted by molar-refractivity contribution is 5.86. The number of carbonyl (C=O) groups is 1. The van der Waals surface area contributed by atoms with Crippen LogP contribution in [-0.4, -0.2) is 29.7 Å². The van der Waals surface area contributed by atoms with Crippen LogP contribution in [0.25, 0.3) is 0 Å². The van der Waals surface area contributed by atoms with Gasteiger partial charge in [-0.1, -0.05) is 6.92 Å². The van der Waals surface area contributed by atoms with E-state index in [-0.39, 0.29) is 5.69 Å². The molecule has 0 aliphatic rings. The van der Waals surface area contributed by atoms with E-state index >= 15 is 0 Å². The first kappa shape index (κ1) is 10.5. The average Bonchev–Trinajstić information content (AvgIpc) is 2.18. The molecule has 0 radical (unpaired) electrons. The summed E-state index contributed by atoms with van der Waals surface area (Å²) in [6.07, 6.45) is 2.55. The molecule has 1 heterocycles. The fraction of sp³-hybridized carbons (Fsp3) is 0.400. The topological polar surface area (TPSA) is 53.4 Å². The second kappa shape index (κ2) is 4.60. The fourth-order valence-electron chi connectivity index (χ4n) is 1.24. The summed E-state index contributed by atoms with van der Waals surface area (Å²) in [5.41, 5.74) is 0.977. The molecule has 0 atom stereocenters. The summed E-state index contributed by atoms with van der Waals surface area (Å²) in [7, 11) is 1.93. The monoisotopic (exact) mass is 194 g/mol. The fourth-order valence-corrected chi connectivity index (χ4v) is 1.24. The highest BCUT2D eigenvalue weighted by atomic mass is 16.4. The van der Waals surface area contributed by atoms with Gasteiger partial charge in [0.05, 0.1) is 0 Å². The van der Waals surface area contributed by atoms with E-state index in [0.717, 1.165) is 18.7 Å². The van der Waals surface area contributed by atoms with Gasteiger partial charge in [-0.25, -0.2) is 9.78 Å². The molecule has 0 bridgehead atoms. The minimum Gasteiger partial charge on any atom is -0.477 e. The van der Waals surface area contributed by atoms with Crippen LogP contribution >= 0.6 is 0 Å². The van der Waals surface area contributed by atoms with Crippen molar-refractivity contribution in [3.8, 4) is 0 Å². The van der Waals surface area contributed by atoms with Crippen molar-refractivity contribution in [3.63, 3.8) is 0 Å². The largest absolute Gasteiger partial charge is 0.477 e. The Morgan fingerprint density at radius 3 is 2.93 bits per heavy atom. The lowest BCUT2D eigenvalue weighted by atomic mass is 10.3. The molecule has 0 spiro atoms. The van der Waals surface area contributed by atoms with Crippen LogP contribution in [0, 0.1) is 0 Å². The summed E-state index contributed by atoms with van der Waals surface area (Å²) < 4.78 is 0. The van der Waals surface area contributed by atoms with Gasteiger partial charge in [-0.15, -0.1) is 0 Å². The molecule has 1 N–H and O–H groups in total. The van der Waals surface area contributed by atoms with Crippen molar-refractivity contribution < 1.29 is 9.90 Å². The number of rotatable bonds is 4. The molecule has 1 aromatic rings. The Kier molecular flexibility index (Phi) is 3.45. The second-order valence-corrected chi connectivity index (χ2v) is 3.13. The number of aromatic nitrogens is 1. The highest BCUT2D eigenvalue weighted by Crippen LogP contribution is 2.12. The van der Waals surface area contributed by atoms with Crippen LogP contribution in [0.5, 0.6) is 0 Å². The molecule has 1 aromatic heterocycles. The van der Waals surface area contributed by atoms with Gasteiger partial charge in [0.15, 0.2) is 0 Å². The molecule has 0 unspecified atom stereocenters. The van der Waals surface area contributed by atoms with E-state index < -0.39 is 5.97 Å². The van der Waals surface area contributed by atoms with Gasteiger partial charge in [0, 0.05) is 25.5 Å². The summed E-state index contributed by atoms with van der Waals surface area (Å²) in [4.78, 5) is 16.4. The number of hydrogen-bond donors (Lipinski definition) is 1. The molecular weight excluding hydrogens is 180 g/mol. The first-order valence-corrected chi connectivity index (χ1v) is 4.55. The Hall–Kier alpha value is -1.58. The Balaban J connectivity index is 2.87. The number of pyridine rings is 1. The molecule has 0 amide bonds. The van der Waals surface area contributed by atoms with Crippen molar-refractivity contribution in [1.82, 2.24) is 4.98 Å². The van der Waals surface area contributed by atoms with E-state index in [1.807, 2.05) is 18.0 Å². The summed E-state index contributed by atoms with van der Waals surface area (Å²) in [6.45, 7) is 2.98. The number of anilines is 1. The molecule has 76 valence electrons. The van der Waals surface area contributed by atoms with Gasteiger partial charge in [-0.3, -0.25) is 0 Å². The van der Waals surface area contributed by atoms with Gasteiger partial charge in [-0.2, -0.15) is 0 Å². The molecule has 4 nitrogen and oxygen atoms in total. The molecule has 4 heteroatoms. The molecule has 1 rings (SSSR count). The van der Waals surface area contributed by atoms with Gasteiger partial charge >= 0.3 is 5.97 Å². The van der Waals surface area contributed by atoms with Gasteiger partial charge in [0.25, 0.3) is 0 Å². The lowest BCUT2D eigenvalue weighted by Gasteiger charge is -2.18. The zero-order chi connectivity index (χ0) is 10.6. The first-order valence-electron chi connectivity index (χ1n) is 4.55. The number of aromatic carboxylic acids is 1. The maximum absolute atomic E-state index is 10.7. The average molecular weight is 194 g/mol. The Morgan fingerprint density at radius 2 is 2.36 bits per heavy atom. The summed E-state index contributed by atoms with van der Waals surface area (Å²) in [5.74, 6) is -0.989. The summed E-state index contributed by atoms with van der Waals surface area (Å²) in [6, 6.07) is 3.39. The number of carboxylic acid groups (broad SMARTS) is 1. The zero-order valence-electron chi connectivity index (χ0n) is 8.40. The van der Waals surface area contributed by atoms with E-state index in [2.05, 4.69) is 11.9 Å². The third-order valence-corrected chi connectivity index (χ3v) is 1.96. The first-order chi connectivity index (χ1) is 6.65. The van der Waals surface area contributed by atoms with Crippen LogP contribution in [0.3, 0.4) is 0 Å². The lowest BCUT2D eigenvalue weighted by Crippen LogP contribution is -2.18. The van der Waals surface area contributed by atoms with Crippen LogP contribution in [0.4, 0.5) is 5.69 Å². The Bertz CT molecular complexity index is 326. The maximum atomic E-state index is 10.7. The molecule has 0 aromatic carbocycles. The van der Waals surface area contributed by atoms with Gasteiger partial charge in [0.1, 0.15) is 5.69 Å². The molecule has 0 aliphatic carbocycles. The number of hydrogen-bond acceptors (Lipinski definition) is 3. The number of nitrogens with zero attached hydrogens (tertiary/aromatic N) is 2. The van der Waals surface area contributed by atoms with Gasteiger partial charge in [-0.05, 0) is 18.6 Å². The van der Waals surface area contributed by atoms with E-state index in [1.54, 1.807) is 6.07 Å². The molecule has 0 fully saturated rings. The highest BCUT2D eigenvalue weighted by Gasteiger charge is 2.06. The van der Waals surface area contributed by atoms with Crippen molar-refractivity contribution in [3.05, 3.63) is 24.0 Å². The second-order valence-electron chi connectivity index (χ2n) is 3.13. The van der Waals surface area contributed by atoms with Crippen molar-refractivity contribution in [2.75, 3.05) is 18.5 Å². The maximum Gasteiger partial charge on any atom is 0.354 e. The van der Waals surface area contributed by atoms with E-state index in [4.69, 9.17) is 5.11 Å². The van der Waals surface area contributed by atoms with Crippen LogP contribution in [0.1, 0.15) is 23.8 Å². The molecule has 14 heavy (non-hydrogen) atoms. The van der Waals surface area contributed by atoms with Crippen molar-refractivity contribution in [1.29, 1.82) is 0 Å². The van der Waals surface area contributed by atoms with Gasteiger partial charge < -0.3 is 10.0 Å². The van der Waals surface area contributed by atoms with Crippen molar-refractivity contribution in [2.24, 2.45) is 0 Å². The molecule has 0 saturated heterocycles. The molecule has 0 aliphatic heterocycles. The predicted octanol–water partition coefficient (Wildman–Crippen LogP) is 1.63. The van der Waals surface area contributed by atoms with Crippen LogP contribution in [0.2, 0.25) is 0 Å². The lowest BCUT2D eigenvalue weighted by molar-refractivity contribution is 0.0690. The summed E-state index contributed by atoms with van der Waals surface area (Å²) >= 11 is 0. The standard InChI is InChI=1S/C10H14N2O2/c1-3-6-12(2)8-4-5-11-9(7-8)10(13)14/h4-5,7H,3,6H2,1-2H3,(H,13,14). The van der Waals surface area contributed by atoms with E-state index in [9.17, 15) is 4.79 Å². The van der Waals surface area contributed by atoms with E-state index in [1.165, 1.54) is 6.20 Å². The smallest absolute Gasteiger partial charge is 0.354 e. The minimum atomic E-state index is -0.989. The van der Waals surface area contributed by atoms with Crippen molar-refractivity contribution in [2.45, 2.75) is 13.3 Å². The third-order valence-electron chi connectivity index (χ3n) is 1.96. The zero-order valence-corrected chi connectivity index (χ0v) is 8.40. The SMILES string of the molecule is CCCN(C)c1ccnc(C(=O)O)c1. The molecular formula is C10H14N2O2. The Labute approximate surface area is 83.2 Å². The van der Waals surface area contributed by atoms with Crippen LogP contribution in [0.15, 0.2) is 18.3 Å². The molecule has 0 saturated carbocycles. The minimum absolute atomic E-state index is 0.0884. The Morgan fingerprint density at radius 1 is 1.64 bits per heavy atom. The van der Waals surface area contributed by atoms with Crippen molar-refractivity contribution >= 4 is 11.7 Å². The van der Waals surface area contributed by atoms with E-state index in [0.29, 0.717) is 0 Å². The predicted molar refractivity (Wildman–Crippen MR) is 54.8 cm³/mol. The normalized spacial score (nSPS) is 9.86. The van der Waals surface area contributed by atoms with Gasteiger partial charge in [0.2, 0.25) is 0 Å².